The minimum Gasteiger partial charge on any atom is -0.310 e. The molecule has 0 spiro atoms. The summed E-state index contributed by atoms with van der Waals surface area (Å²) in [5.41, 5.74) is 21.4. The topological polar surface area (TPSA) is 18.5 Å². The molecule has 2 aliphatic rings. The number of fused-ring (bicyclic) bond motifs is 4. The van der Waals surface area contributed by atoms with Crippen LogP contribution in [-0.2, 0) is 0 Å². The van der Waals surface area contributed by atoms with Crippen LogP contribution >= 0.6 is 0 Å². The first-order chi connectivity index (χ1) is 29.8. The summed E-state index contributed by atoms with van der Waals surface area (Å²) in [7, 11) is 0. The van der Waals surface area contributed by atoms with Crippen LogP contribution in [0.4, 0.5) is 17.1 Å². The number of nitrogens with one attached hydrogen (secondary N) is 1. The molecule has 9 aromatic rings. The summed E-state index contributed by atoms with van der Waals surface area (Å²) in [6.07, 6.45) is 2.38. The van der Waals surface area contributed by atoms with E-state index in [2.05, 4.69) is 252 Å². The van der Waals surface area contributed by atoms with Crippen molar-refractivity contribution in [2.24, 2.45) is 0 Å². The fourth-order valence-electron chi connectivity index (χ4n) is 8.94. The zero-order chi connectivity index (χ0) is 39.8. The number of rotatable bonds is 8. The van der Waals surface area contributed by atoms with Gasteiger partial charge in [-0.25, -0.2) is 5.43 Å². The lowest BCUT2D eigenvalue weighted by Crippen LogP contribution is -2.33. The second kappa shape index (κ2) is 15.2. The van der Waals surface area contributed by atoms with Gasteiger partial charge in [-0.2, -0.15) is 0 Å². The molecule has 1 N–H and O–H groups in total. The van der Waals surface area contributed by atoms with Crippen molar-refractivity contribution in [2.75, 3.05) is 4.90 Å². The Morgan fingerprint density at radius 3 is 1.57 bits per heavy atom. The van der Waals surface area contributed by atoms with Crippen molar-refractivity contribution in [3.63, 3.8) is 0 Å². The van der Waals surface area contributed by atoms with Gasteiger partial charge in [0.05, 0.1) is 23.1 Å². The quantitative estimate of drug-likeness (QED) is 0.166. The van der Waals surface area contributed by atoms with Gasteiger partial charge in [0.2, 0.25) is 0 Å². The molecule has 284 valence electrons. The van der Waals surface area contributed by atoms with Gasteiger partial charge >= 0.3 is 0 Å². The third-order valence-corrected chi connectivity index (χ3v) is 11.9. The Hall–Kier alpha value is -7.72. The van der Waals surface area contributed by atoms with Crippen LogP contribution < -0.4 is 10.3 Å². The zero-order valence-corrected chi connectivity index (χ0v) is 33.0. The molecule has 0 bridgehead atoms. The number of anilines is 3. The highest BCUT2D eigenvalue weighted by atomic mass is 15.6. The van der Waals surface area contributed by atoms with Gasteiger partial charge in [-0.1, -0.05) is 194 Å². The Labute approximate surface area is 351 Å². The predicted molar refractivity (Wildman–Crippen MR) is 251 cm³/mol. The molecular weight excluding hydrogens is 727 g/mol. The minimum absolute atomic E-state index is 0.0606. The Morgan fingerprint density at radius 2 is 0.917 bits per heavy atom. The maximum absolute atomic E-state index is 3.99. The summed E-state index contributed by atoms with van der Waals surface area (Å²) in [6, 6.07) is 83.1. The average molecular weight is 768 g/mol. The van der Waals surface area contributed by atoms with E-state index in [-0.39, 0.29) is 6.04 Å². The lowest BCUT2D eigenvalue weighted by atomic mass is 9.87. The van der Waals surface area contributed by atoms with Crippen LogP contribution in [0.2, 0.25) is 0 Å². The summed E-state index contributed by atoms with van der Waals surface area (Å²) in [5, 5.41) is 4.82. The van der Waals surface area contributed by atoms with Crippen molar-refractivity contribution in [3.8, 4) is 22.3 Å². The highest BCUT2D eigenvalue weighted by Crippen LogP contribution is 2.52. The van der Waals surface area contributed by atoms with Crippen LogP contribution in [0.1, 0.15) is 33.9 Å². The van der Waals surface area contributed by atoms with Crippen molar-refractivity contribution in [1.29, 1.82) is 0 Å². The third kappa shape index (κ3) is 6.39. The number of hydrogen-bond donors (Lipinski definition) is 1. The zero-order valence-electron chi connectivity index (χ0n) is 33.0. The van der Waals surface area contributed by atoms with Gasteiger partial charge in [0.1, 0.15) is 0 Å². The maximum Gasteiger partial charge on any atom is 0.0793 e. The Balaban J connectivity index is 1.12. The van der Waals surface area contributed by atoms with Crippen molar-refractivity contribution in [1.82, 2.24) is 10.4 Å². The highest BCUT2D eigenvalue weighted by molar-refractivity contribution is 6.07. The number of benzene rings is 9. The van der Waals surface area contributed by atoms with E-state index in [1.54, 1.807) is 0 Å². The molecule has 1 atom stereocenters. The molecule has 3 nitrogen and oxygen atoms in total. The van der Waals surface area contributed by atoms with Crippen molar-refractivity contribution >= 4 is 50.9 Å². The minimum atomic E-state index is -0.0606. The number of hydrazine groups is 1. The van der Waals surface area contributed by atoms with Gasteiger partial charge in [-0.15, -0.1) is 0 Å². The molecule has 1 unspecified atom stereocenters. The van der Waals surface area contributed by atoms with Crippen LogP contribution in [0.15, 0.2) is 231 Å². The summed E-state index contributed by atoms with van der Waals surface area (Å²) >= 11 is 0. The van der Waals surface area contributed by atoms with Gasteiger partial charge in [0, 0.05) is 28.1 Å². The first kappa shape index (κ1) is 35.4. The van der Waals surface area contributed by atoms with E-state index in [0.29, 0.717) is 0 Å². The van der Waals surface area contributed by atoms with E-state index in [1.807, 2.05) is 0 Å². The molecule has 2 heterocycles. The van der Waals surface area contributed by atoms with Gasteiger partial charge in [0.15, 0.2) is 0 Å². The second-order valence-corrected chi connectivity index (χ2v) is 15.4. The molecule has 2 aliphatic heterocycles. The van der Waals surface area contributed by atoms with Crippen LogP contribution in [0, 0.1) is 0 Å². The van der Waals surface area contributed by atoms with E-state index >= 15 is 0 Å². The van der Waals surface area contributed by atoms with E-state index in [9.17, 15) is 0 Å². The third-order valence-electron chi connectivity index (χ3n) is 11.9. The molecular formula is C57H41N3. The van der Waals surface area contributed by atoms with Crippen molar-refractivity contribution in [2.45, 2.75) is 6.04 Å². The van der Waals surface area contributed by atoms with Crippen LogP contribution in [-0.4, -0.2) is 5.01 Å². The molecule has 9 aromatic carbocycles. The van der Waals surface area contributed by atoms with E-state index in [4.69, 9.17) is 0 Å². The Morgan fingerprint density at radius 1 is 0.400 bits per heavy atom. The van der Waals surface area contributed by atoms with E-state index in [1.165, 1.54) is 61.0 Å². The molecule has 60 heavy (non-hydrogen) atoms. The largest absolute Gasteiger partial charge is 0.310 e. The van der Waals surface area contributed by atoms with Crippen molar-refractivity contribution in [3.05, 3.63) is 258 Å². The van der Waals surface area contributed by atoms with E-state index < -0.39 is 0 Å². The molecule has 0 amide bonds. The van der Waals surface area contributed by atoms with Crippen LogP contribution in [0.5, 0.6) is 0 Å². The Bertz CT molecular complexity index is 3030. The van der Waals surface area contributed by atoms with Crippen LogP contribution in [0.3, 0.4) is 0 Å². The molecule has 3 heteroatoms. The van der Waals surface area contributed by atoms with E-state index in [0.717, 1.165) is 33.9 Å². The second-order valence-electron chi connectivity index (χ2n) is 15.4. The molecule has 0 saturated heterocycles. The summed E-state index contributed by atoms with van der Waals surface area (Å²) in [4.78, 5) is 2.42. The molecule has 11 rings (SSSR count). The van der Waals surface area contributed by atoms with Gasteiger partial charge in [-0.3, -0.25) is 5.01 Å². The Kier molecular flexibility index (Phi) is 8.99. The molecule has 0 saturated carbocycles. The standard InChI is InChI=1S/C57H41N3/c1-5-16-40(17-6-1)42-30-34-49(35-31-42)59(50-36-32-43(33-37-50)48-29-28-41-18-13-14-25-47(41)38-48)53-27-15-26-51-52(53)39-54(44-19-7-2-8-20-44)60-57(51)55(45-21-9-3-10-22-45)56(58-60)46-23-11-4-12-24-46/h1-39,56,58H. The monoisotopic (exact) mass is 767 g/mol. The fourth-order valence-corrected chi connectivity index (χ4v) is 8.94. The summed E-state index contributed by atoms with van der Waals surface area (Å²) in [5.74, 6) is 0. The number of hydrogen-bond acceptors (Lipinski definition) is 3. The van der Waals surface area contributed by atoms with Crippen molar-refractivity contribution < 1.29 is 0 Å². The smallest absolute Gasteiger partial charge is 0.0793 e. The number of nitrogens with zero attached hydrogens (tertiary/aromatic N) is 2. The lowest BCUT2D eigenvalue weighted by Gasteiger charge is -2.34. The summed E-state index contributed by atoms with van der Waals surface area (Å²) in [6.45, 7) is 0. The van der Waals surface area contributed by atoms with Gasteiger partial charge in [0.25, 0.3) is 0 Å². The lowest BCUT2D eigenvalue weighted by molar-refractivity contribution is 0.405. The normalized spacial score (nSPS) is 14.4. The first-order valence-electron chi connectivity index (χ1n) is 20.6. The molecule has 0 radical (unpaired) electrons. The average Bonchev–Trinajstić information content (AvgIpc) is 3.74. The molecule has 0 aromatic heterocycles. The summed E-state index contributed by atoms with van der Waals surface area (Å²) < 4.78 is 0. The maximum atomic E-state index is 3.99. The predicted octanol–water partition coefficient (Wildman–Crippen LogP) is 14.6. The van der Waals surface area contributed by atoms with Crippen LogP contribution in [0.25, 0.3) is 56.1 Å². The molecule has 0 aliphatic carbocycles. The fraction of sp³-hybridized carbons (Fsp3) is 0.0175. The SMILES string of the molecule is C1=C(c2ccccc2)N2NC(c3ccccc3)C(c3ccccc3)=C2c2cccc(N(c3ccc(-c4ccccc4)cc3)c3ccc(-c4ccc5ccccc5c4)cc3)c21. The van der Waals surface area contributed by atoms with Gasteiger partial charge < -0.3 is 4.90 Å². The highest BCUT2D eigenvalue weighted by Gasteiger charge is 2.39. The molecule has 0 fully saturated rings. The first-order valence-corrected chi connectivity index (χ1v) is 20.6. The van der Waals surface area contributed by atoms with Gasteiger partial charge in [-0.05, 0) is 92.2 Å².